The fourth-order valence-electron chi connectivity index (χ4n) is 4.15. The van der Waals surface area contributed by atoms with Crippen LogP contribution in [-0.4, -0.2) is 27.6 Å². The molecule has 1 rings (SSSR count). The number of allylic oxidation sites excluding steroid dienone is 1. The molecular formula is C23H38O4. The van der Waals surface area contributed by atoms with E-state index in [-0.39, 0.29) is 17.6 Å². The second-order valence-electron chi connectivity index (χ2n) is 8.01. The molecule has 0 aromatic heterocycles. The van der Waals surface area contributed by atoms with Crippen LogP contribution in [0.4, 0.5) is 0 Å². The standard InChI is InChI=1S/C23H38O4/c1-4-7-10-16-23(27,6-3)17-15-19(13-14-20(24)5-2)21(22(25)26)18-11-8-9-12-18/h6,15,17-19,21,27H,3-5,7-14,16H2,1-2H3,(H,25,26)/t19?,21?,23-/m0/s1. The van der Waals surface area contributed by atoms with Gasteiger partial charge in [0.25, 0.3) is 0 Å². The van der Waals surface area contributed by atoms with Crippen molar-refractivity contribution in [3.05, 3.63) is 24.8 Å². The summed E-state index contributed by atoms with van der Waals surface area (Å²) in [6.07, 6.45) is 14.1. The summed E-state index contributed by atoms with van der Waals surface area (Å²) in [5.74, 6) is -1.19. The summed E-state index contributed by atoms with van der Waals surface area (Å²) in [5.41, 5.74) is -1.11. The fourth-order valence-corrected chi connectivity index (χ4v) is 4.15. The Bertz CT molecular complexity index is 505. The number of carbonyl (C=O) groups is 2. The summed E-state index contributed by atoms with van der Waals surface area (Å²) < 4.78 is 0. The fraction of sp³-hybridized carbons (Fsp3) is 0.739. The van der Waals surface area contributed by atoms with Crippen LogP contribution in [0, 0.1) is 17.8 Å². The Kier molecular flexibility index (Phi) is 10.6. The molecule has 0 bridgehead atoms. The van der Waals surface area contributed by atoms with Crippen molar-refractivity contribution in [2.24, 2.45) is 17.8 Å². The molecule has 2 unspecified atom stereocenters. The van der Waals surface area contributed by atoms with Crippen LogP contribution in [0.1, 0.15) is 84.5 Å². The van der Waals surface area contributed by atoms with Crippen LogP contribution in [0.2, 0.25) is 0 Å². The lowest BCUT2D eigenvalue weighted by Crippen LogP contribution is -2.30. The summed E-state index contributed by atoms with van der Waals surface area (Å²) in [6, 6.07) is 0. The summed E-state index contributed by atoms with van der Waals surface area (Å²) >= 11 is 0. The van der Waals surface area contributed by atoms with Crippen molar-refractivity contribution in [2.75, 3.05) is 0 Å². The van der Waals surface area contributed by atoms with Crippen molar-refractivity contribution in [2.45, 2.75) is 90.1 Å². The van der Waals surface area contributed by atoms with Gasteiger partial charge in [-0.1, -0.05) is 64.3 Å². The van der Waals surface area contributed by atoms with Gasteiger partial charge in [-0.3, -0.25) is 9.59 Å². The Hall–Kier alpha value is -1.42. The number of ketones is 1. The van der Waals surface area contributed by atoms with Gasteiger partial charge in [-0.05, 0) is 43.9 Å². The van der Waals surface area contributed by atoms with E-state index in [9.17, 15) is 19.8 Å². The Balaban J connectivity index is 2.98. The third-order valence-electron chi connectivity index (χ3n) is 5.97. The average Bonchev–Trinajstić information content (AvgIpc) is 3.17. The zero-order chi connectivity index (χ0) is 20.3. The molecule has 0 spiro atoms. The zero-order valence-electron chi connectivity index (χ0n) is 17.2. The molecule has 0 heterocycles. The number of hydrogen-bond donors (Lipinski definition) is 2. The van der Waals surface area contributed by atoms with Crippen molar-refractivity contribution in [1.82, 2.24) is 0 Å². The second kappa shape index (κ2) is 12.1. The molecule has 4 nitrogen and oxygen atoms in total. The molecule has 0 amide bonds. The number of rotatable bonds is 14. The number of unbranched alkanes of at least 4 members (excludes halogenated alkanes) is 2. The smallest absolute Gasteiger partial charge is 0.307 e. The summed E-state index contributed by atoms with van der Waals surface area (Å²) in [4.78, 5) is 23.9. The van der Waals surface area contributed by atoms with Crippen LogP contribution in [0.15, 0.2) is 24.8 Å². The highest BCUT2D eigenvalue weighted by atomic mass is 16.4. The van der Waals surface area contributed by atoms with Crippen molar-refractivity contribution >= 4 is 11.8 Å². The molecule has 2 N–H and O–H groups in total. The maximum absolute atomic E-state index is 12.0. The third-order valence-corrected chi connectivity index (χ3v) is 5.97. The normalized spacial score (nSPS) is 19.7. The molecule has 0 saturated heterocycles. The van der Waals surface area contributed by atoms with Crippen molar-refractivity contribution < 1.29 is 19.8 Å². The van der Waals surface area contributed by atoms with Gasteiger partial charge in [0.15, 0.2) is 0 Å². The predicted molar refractivity (Wildman–Crippen MR) is 110 cm³/mol. The molecule has 1 fully saturated rings. The topological polar surface area (TPSA) is 74.6 Å². The minimum atomic E-state index is -1.11. The Morgan fingerprint density at radius 2 is 1.89 bits per heavy atom. The molecule has 0 radical (unpaired) electrons. The van der Waals surface area contributed by atoms with Gasteiger partial charge < -0.3 is 10.2 Å². The van der Waals surface area contributed by atoms with Crippen LogP contribution >= 0.6 is 0 Å². The third kappa shape index (κ3) is 8.00. The number of hydrogen-bond acceptors (Lipinski definition) is 3. The van der Waals surface area contributed by atoms with Crippen LogP contribution in [0.5, 0.6) is 0 Å². The molecule has 4 heteroatoms. The zero-order valence-corrected chi connectivity index (χ0v) is 17.2. The highest BCUT2D eigenvalue weighted by Crippen LogP contribution is 2.38. The molecule has 0 aliphatic heterocycles. The Morgan fingerprint density at radius 3 is 2.41 bits per heavy atom. The predicted octanol–water partition coefficient (Wildman–Crippen LogP) is 5.31. The molecule has 1 aliphatic rings. The van der Waals surface area contributed by atoms with Crippen LogP contribution in [-0.2, 0) is 9.59 Å². The van der Waals surface area contributed by atoms with E-state index in [1.54, 1.807) is 12.2 Å². The summed E-state index contributed by atoms with van der Waals surface area (Å²) in [5, 5.41) is 20.7. The van der Waals surface area contributed by atoms with Gasteiger partial charge in [0.2, 0.25) is 0 Å². The van der Waals surface area contributed by atoms with Gasteiger partial charge >= 0.3 is 5.97 Å². The lowest BCUT2D eigenvalue weighted by atomic mass is 9.77. The number of carbonyl (C=O) groups excluding carboxylic acids is 1. The largest absolute Gasteiger partial charge is 0.481 e. The molecule has 0 aromatic rings. The van der Waals surface area contributed by atoms with Crippen molar-refractivity contribution in [1.29, 1.82) is 0 Å². The van der Waals surface area contributed by atoms with Gasteiger partial charge in [0.1, 0.15) is 11.4 Å². The lowest BCUT2D eigenvalue weighted by Gasteiger charge is -2.28. The number of Topliss-reactive ketones (excluding diaryl/α,β-unsaturated/α-hetero) is 1. The van der Waals surface area contributed by atoms with Crippen molar-refractivity contribution in [3.63, 3.8) is 0 Å². The summed E-state index contributed by atoms with van der Waals surface area (Å²) in [6.45, 7) is 7.71. The molecule has 0 aromatic carbocycles. The first kappa shape index (κ1) is 23.6. The number of aliphatic hydroxyl groups is 1. The van der Waals surface area contributed by atoms with E-state index < -0.39 is 17.5 Å². The van der Waals surface area contributed by atoms with Crippen molar-refractivity contribution in [3.8, 4) is 0 Å². The average molecular weight is 379 g/mol. The minimum Gasteiger partial charge on any atom is -0.481 e. The first-order chi connectivity index (χ1) is 12.9. The summed E-state index contributed by atoms with van der Waals surface area (Å²) in [7, 11) is 0. The van der Waals surface area contributed by atoms with E-state index in [2.05, 4.69) is 13.5 Å². The molecule has 3 atom stereocenters. The van der Waals surface area contributed by atoms with Gasteiger partial charge in [-0.25, -0.2) is 0 Å². The Labute approximate surface area is 164 Å². The maximum atomic E-state index is 12.0. The first-order valence-corrected chi connectivity index (χ1v) is 10.7. The van der Waals surface area contributed by atoms with E-state index in [1.165, 1.54) is 0 Å². The molecule has 1 aliphatic carbocycles. The molecule has 154 valence electrons. The van der Waals surface area contributed by atoms with Crippen LogP contribution < -0.4 is 0 Å². The van der Waals surface area contributed by atoms with Crippen LogP contribution in [0.25, 0.3) is 0 Å². The lowest BCUT2D eigenvalue weighted by molar-refractivity contribution is -0.145. The quantitative estimate of drug-likeness (QED) is 0.317. The highest BCUT2D eigenvalue weighted by molar-refractivity contribution is 5.78. The van der Waals surface area contributed by atoms with E-state index in [4.69, 9.17) is 0 Å². The Morgan fingerprint density at radius 1 is 1.22 bits per heavy atom. The monoisotopic (exact) mass is 378 g/mol. The van der Waals surface area contributed by atoms with E-state index in [0.717, 1.165) is 44.9 Å². The maximum Gasteiger partial charge on any atom is 0.307 e. The van der Waals surface area contributed by atoms with E-state index >= 15 is 0 Å². The van der Waals surface area contributed by atoms with Gasteiger partial charge in [-0.2, -0.15) is 0 Å². The molecular weight excluding hydrogens is 340 g/mol. The number of carboxylic acids is 1. The van der Waals surface area contributed by atoms with Crippen LogP contribution in [0.3, 0.4) is 0 Å². The molecule has 1 saturated carbocycles. The minimum absolute atomic E-state index is 0.158. The van der Waals surface area contributed by atoms with E-state index in [1.807, 2.05) is 13.0 Å². The second-order valence-corrected chi connectivity index (χ2v) is 8.01. The van der Waals surface area contributed by atoms with Gasteiger partial charge in [0.05, 0.1) is 5.92 Å². The van der Waals surface area contributed by atoms with Gasteiger partial charge in [0, 0.05) is 12.8 Å². The number of carboxylic acid groups (broad SMARTS) is 1. The van der Waals surface area contributed by atoms with Gasteiger partial charge in [-0.15, -0.1) is 0 Å². The first-order valence-electron chi connectivity index (χ1n) is 10.7. The number of aliphatic carboxylic acids is 1. The van der Waals surface area contributed by atoms with E-state index in [0.29, 0.717) is 25.7 Å². The molecule has 27 heavy (non-hydrogen) atoms. The SMILES string of the molecule is C=C[C@@](O)(C=CC(CCC(=O)CC)C(C(=O)O)C1CCCC1)CCCCC. The highest BCUT2D eigenvalue weighted by Gasteiger charge is 2.36.